The van der Waals surface area contributed by atoms with Gasteiger partial charge < -0.3 is 9.47 Å². The lowest BCUT2D eigenvalue weighted by Crippen LogP contribution is -2.38. The van der Waals surface area contributed by atoms with E-state index in [4.69, 9.17) is 9.47 Å². The highest BCUT2D eigenvalue weighted by molar-refractivity contribution is 4.90. The number of ether oxygens (including phenoxy) is 2. The van der Waals surface area contributed by atoms with Crippen molar-refractivity contribution >= 4 is 0 Å². The standard InChI is InChI=1S/C10H19O2/c1-3-11-10(12-4-2)8-6-5-7-9-10/h8H,3-7,9H2,1-2H3. The Balaban J connectivity index is 2.44. The van der Waals surface area contributed by atoms with Crippen LogP contribution in [0.3, 0.4) is 0 Å². The van der Waals surface area contributed by atoms with Crippen LogP contribution in [0.4, 0.5) is 0 Å². The second kappa shape index (κ2) is 4.83. The summed E-state index contributed by atoms with van der Waals surface area (Å²) in [5, 5.41) is 0. The molecular formula is C10H19O2. The van der Waals surface area contributed by atoms with Gasteiger partial charge in [-0.3, -0.25) is 0 Å². The Hall–Kier alpha value is -0.0800. The lowest BCUT2D eigenvalue weighted by molar-refractivity contribution is -0.220. The van der Waals surface area contributed by atoms with E-state index in [1.54, 1.807) is 0 Å². The van der Waals surface area contributed by atoms with Crippen LogP contribution < -0.4 is 0 Å². The molecule has 1 aliphatic carbocycles. The van der Waals surface area contributed by atoms with Gasteiger partial charge in [-0.2, -0.15) is 0 Å². The molecule has 0 aromatic heterocycles. The Morgan fingerprint density at radius 1 is 1.17 bits per heavy atom. The minimum atomic E-state index is -0.345. The summed E-state index contributed by atoms with van der Waals surface area (Å²) in [4.78, 5) is 0. The summed E-state index contributed by atoms with van der Waals surface area (Å²) >= 11 is 0. The Morgan fingerprint density at radius 3 is 2.25 bits per heavy atom. The molecule has 12 heavy (non-hydrogen) atoms. The van der Waals surface area contributed by atoms with Gasteiger partial charge in [0.1, 0.15) is 0 Å². The van der Waals surface area contributed by atoms with E-state index >= 15 is 0 Å². The van der Waals surface area contributed by atoms with Crippen molar-refractivity contribution < 1.29 is 9.47 Å². The van der Waals surface area contributed by atoms with Crippen LogP contribution in [-0.4, -0.2) is 19.0 Å². The Labute approximate surface area is 75.2 Å². The topological polar surface area (TPSA) is 18.5 Å². The van der Waals surface area contributed by atoms with E-state index < -0.39 is 0 Å². The second-order valence-electron chi connectivity index (χ2n) is 3.13. The van der Waals surface area contributed by atoms with Gasteiger partial charge in [-0.25, -0.2) is 0 Å². The van der Waals surface area contributed by atoms with E-state index in [0.717, 1.165) is 26.1 Å². The van der Waals surface area contributed by atoms with Gasteiger partial charge in [0.25, 0.3) is 0 Å². The SMILES string of the molecule is CCOC1(OCC)[CH]CCCC1. The molecule has 0 atom stereocenters. The molecule has 0 aromatic rings. The zero-order chi connectivity index (χ0) is 8.86. The Kier molecular flexibility index (Phi) is 4.02. The predicted molar refractivity (Wildman–Crippen MR) is 48.8 cm³/mol. The van der Waals surface area contributed by atoms with Crippen LogP contribution in [0.1, 0.15) is 39.5 Å². The van der Waals surface area contributed by atoms with Crippen molar-refractivity contribution in [3.63, 3.8) is 0 Å². The average Bonchev–Trinajstić information content (AvgIpc) is 2.07. The quantitative estimate of drug-likeness (QED) is 0.605. The van der Waals surface area contributed by atoms with Crippen LogP contribution in [0.25, 0.3) is 0 Å². The molecule has 2 nitrogen and oxygen atoms in total. The zero-order valence-corrected chi connectivity index (χ0v) is 8.14. The molecule has 1 aliphatic rings. The molecule has 71 valence electrons. The van der Waals surface area contributed by atoms with E-state index in [9.17, 15) is 0 Å². The molecule has 0 amide bonds. The minimum absolute atomic E-state index is 0.345. The van der Waals surface area contributed by atoms with Gasteiger partial charge in [0.2, 0.25) is 0 Å². The monoisotopic (exact) mass is 171 g/mol. The molecule has 0 saturated heterocycles. The summed E-state index contributed by atoms with van der Waals surface area (Å²) in [5.41, 5.74) is 0. The molecule has 0 heterocycles. The third kappa shape index (κ3) is 2.46. The van der Waals surface area contributed by atoms with E-state index in [0.29, 0.717) is 0 Å². The molecule has 0 bridgehead atoms. The maximum atomic E-state index is 5.63. The highest BCUT2D eigenvalue weighted by atomic mass is 16.7. The summed E-state index contributed by atoms with van der Waals surface area (Å²) in [6.45, 7) is 5.50. The average molecular weight is 171 g/mol. The number of hydrogen-bond acceptors (Lipinski definition) is 2. The van der Waals surface area contributed by atoms with Gasteiger partial charge in [-0.05, 0) is 26.7 Å². The third-order valence-corrected chi connectivity index (χ3v) is 2.21. The van der Waals surface area contributed by atoms with Crippen LogP contribution in [-0.2, 0) is 9.47 Å². The van der Waals surface area contributed by atoms with Gasteiger partial charge in [0, 0.05) is 26.1 Å². The van der Waals surface area contributed by atoms with E-state index in [2.05, 4.69) is 6.42 Å². The molecule has 0 spiro atoms. The zero-order valence-electron chi connectivity index (χ0n) is 8.14. The van der Waals surface area contributed by atoms with Crippen LogP contribution in [0.2, 0.25) is 0 Å². The van der Waals surface area contributed by atoms with E-state index in [1.165, 1.54) is 12.8 Å². The van der Waals surface area contributed by atoms with Crippen molar-refractivity contribution in [3.8, 4) is 0 Å². The lowest BCUT2D eigenvalue weighted by atomic mass is 9.94. The molecule has 0 aliphatic heterocycles. The van der Waals surface area contributed by atoms with Gasteiger partial charge in [-0.15, -0.1) is 0 Å². The molecule has 1 saturated carbocycles. The Bertz CT molecular complexity index is 101. The fourth-order valence-electron chi connectivity index (χ4n) is 1.73. The molecule has 0 N–H and O–H groups in total. The Morgan fingerprint density at radius 2 is 1.83 bits per heavy atom. The molecule has 1 rings (SSSR count). The molecule has 0 unspecified atom stereocenters. The largest absolute Gasteiger partial charge is 0.350 e. The number of rotatable bonds is 4. The van der Waals surface area contributed by atoms with Crippen molar-refractivity contribution in [1.29, 1.82) is 0 Å². The van der Waals surface area contributed by atoms with Crippen LogP contribution in [0, 0.1) is 6.42 Å². The van der Waals surface area contributed by atoms with Crippen molar-refractivity contribution in [2.75, 3.05) is 13.2 Å². The third-order valence-electron chi connectivity index (χ3n) is 2.21. The molecule has 0 aromatic carbocycles. The van der Waals surface area contributed by atoms with Crippen LogP contribution in [0.15, 0.2) is 0 Å². The highest BCUT2D eigenvalue weighted by Gasteiger charge is 2.33. The molecular weight excluding hydrogens is 152 g/mol. The van der Waals surface area contributed by atoms with Crippen molar-refractivity contribution in [2.45, 2.75) is 45.3 Å². The molecule has 1 radical (unpaired) electrons. The normalized spacial score (nSPS) is 22.5. The van der Waals surface area contributed by atoms with E-state index in [1.807, 2.05) is 13.8 Å². The fraction of sp³-hybridized carbons (Fsp3) is 0.900. The smallest absolute Gasteiger partial charge is 0.171 e. The first-order valence-electron chi connectivity index (χ1n) is 4.95. The summed E-state index contributed by atoms with van der Waals surface area (Å²) in [6, 6.07) is 0. The van der Waals surface area contributed by atoms with Gasteiger partial charge in [-0.1, -0.05) is 6.42 Å². The van der Waals surface area contributed by atoms with Gasteiger partial charge >= 0.3 is 0 Å². The maximum absolute atomic E-state index is 5.63. The van der Waals surface area contributed by atoms with Gasteiger partial charge in [0.15, 0.2) is 5.79 Å². The first-order valence-corrected chi connectivity index (χ1v) is 4.95. The first-order chi connectivity index (χ1) is 5.83. The summed E-state index contributed by atoms with van der Waals surface area (Å²) in [7, 11) is 0. The molecule has 1 fully saturated rings. The fourth-order valence-corrected chi connectivity index (χ4v) is 1.73. The van der Waals surface area contributed by atoms with Crippen molar-refractivity contribution in [1.82, 2.24) is 0 Å². The van der Waals surface area contributed by atoms with Crippen LogP contribution in [0.5, 0.6) is 0 Å². The minimum Gasteiger partial charge on any atom is -0.350 e. The summed E-state index contributed by atoms with van der Waals surface area (Å²) in [5.74, 6) is -0.345. The second-order valence-corrected chi connectivity index (χ2v) is 3.13. The summed E-state index contributed by atoms with van der Waals surface area (Å²) in [6.07, 6.45) is 6.83. The van der Waals surface area contributed by atoms with Crippen molar-refractivity contribution in [2.24, 2.45) is 0 Å². The molecule has 2 heteroatoms. The highest BCUT2D eigenvalue weighted by Crippen LogP contribution is 2.31. The summed E-state index contributed by atoms with van der Waals surface area (Å²) < 4.78 is 11.3. The first kappa shape index (κ1) is 10.0. The van der Waals surface area contributed by atoms with Gasteiger partial charge in [0.05, 0.1) is 0 Å². The maximum Gasteiger partial charge on any atom is 0.171 e. The predicted octanol–water partition coefficient (Wildman–Crippen LogP) is 2.53. The lowest BCUT2D eigenvalue weighted by Gasteiger charge is -2.36. The van der Waals surface area contributed by atoms with Crippen molar-refractivity contribution in [3.05, 3.63) is 6.42 Å². The van der Waals surface area contributed by atoms with E-state index in [-0.39, 0.29) is 5.79 Å². The number of hydrogen-bond donors (Lipinski definition) is 0. The van der Waals surface area contributed by atoms with Crippen LogP contribution >= 0.6 is 0 Å².